The summed E-state index contributed by atoms with van der Waals surface area (Å²) in [6.07, 6.45) is 16.5. The SMILES string of the molecule is CCCCCCCCCCCCC(NN)C(C)CC. The van der Waals surface area contributed by atoms with E-state index in [1.54, 1.807) is 0 Å². The summed E-state index contributed by atoms with van der Waals surface area (Å²) in [5, 5.41) is 0. The van der Waals surface area contributed by atoms with Crippen LogP contribution in [0.3, 0.4) is 0 Å². The van der Waals surface area contributed by atoms with Crippen molar-refractivity contribution in [3.8, 4) is 0 Å². The molecule has 19 heavy (non-hydrogen) atoms. The van der Waals surface area contributed by atoms with Gasteiger partial charge in [-0.1, -0.05) is 91.4 Å². The first-order chi connectivity index (χ1) is 9.26. The summed E-state index contributed by atoms with van der Waals surface area (Å²) in [6.45, 7) is 6.82. The largest absolute Gasteiger partial charge is 0.271 e. The van der Waals surface area contributed by atoms with Crippen LogP contribution in [-0.2, 0) is 0 Å². The Hall–Kier alpha value is -0.0800. The van der Waals surface area contributed by atoms with Gasteiger partial charge in [-0.3, -0.25) is 11.3 Å². The Morgan fingerprint density at radius 1 is 0.789 bits per heavy atom. The molecular formula is C17H38N2. The lowest BCUT2D eigenvalue weighted by Gasteiger charge is -2.21. The Kier molecular flexibility index (Phi) is 14.3. The molecular weight excluding hydrogens is 232 g/mol. The Morgan fingerprint density at radius 3 is 1.68 bits per heavy atom. The molecule has 2 unspecified atom stereocenters. The summed E-state index contributed by atoms with van der Waals surface area (Å²) in [6, 6.07) is 0.513. The quantitative estimate of drug-likeness (QED) is 0.259. The van der Waals surface area contributed by atoms with Crippen molar-refractivity contribution in [1.29, 1.82) is 0 Å². The van der Waals surface area contributed by atoms with Crippen molar-refractivity contribution in [1.82, 2.24) is 5.43 Å². The van der Waals surface area contributed by atoms with Gasteiger partial charge >= 0.3 is 0 Å². The molecule has 0 aromatic rings. The number of nitrogens with one attached hydrogen (secondary N) is 1. The zero-order valence-corrected chi connectivity index (χ0v) is 13.7. The van der Waals surface area contributed by atoms with E-state index >= 15 is 0 Å². The van der Waals surface area contributed by atoms with Crippen molar-refractivity contribution in [3.05, 3.63) is 0 Å². The topological polar surface area (TPSA) is 38.0 Å². The first-order valence-electron chi connectivity index (χ1n) is 8.72. The van der Waals surface area contributed by atoms with E-state index in [1.807, 2.05) is 0 Å². The molecule has 0 aromatic heterocycles. The predicted octanol–water partition coefficient (Wildman–Crippen LogP) is 5.18. The van der Waals surface area contributed by atoms with E-state index in [0.717, 1.165) is 0 Å². The fraction of sp³-hybridized carbons (Fsp3) is 1.00. The van der Waals surface area contributed by atoms with Crippen LogP contribution in [0.4, 0.5) is 0 Å². The maximum atomic E-state index is 5.62. The van der Waals surface area contributed by atoms with Crippen LogP contribution < -0.4 is 11.3 Å². The summed E-state index contributed by atoms with van der Waals surface area (Å²) < 4.78 is 0. The highest BCUT2D eigenvalue weighted by atomic mass is 15.2. The van der Waals surface area contributed by atoms with E-state index in [2.05, 4.69) is 26.2 Å². The van der Waals surface area contributed by atoms with E-state index in [9.17, 15) is 0 Å². The molecule has 0 rings (SSSR count). The average molecular weight is 271 g/mol. The normalized spacial score (nSPS) is 14.5. The Labute approximate surface area is 121 Å². The molecule has 0 saturated heterocycles. The standard InChI is InChI=1S/C17H38N2/c1-4-6-7-8-9-10-11-12-13-14-15-17(19-18)16(3)5-2/h16-17,19H,4-15,18H2,1-3H3. The minimum Gasteiger partial charge on any atom is -0.271 e. The monoisotopic (exact) mass is 270 g/mol. The van der Waals surface area contributed by atoms with Gasteiger partial charge in [0.15, 0.2) is 0 Å². The average Bonchev–Trinajstić information content (AvgIpc) is 2.44. The number of hydrazine groups is 1. The van der Waals surface area contributed by atoms with Gasteiger partial charge in [-0.25, -0.2) is 0 Å². The molecule has 0 aliphatic heterocycles. The zero-order valence-electron chi connectivity index (χ0n) is 13.7. The third-order valence-corrected chi connectivity index (χ3v) is 4.41. The van der Waals surface area contributed by atoms with Crippen LogP contribution in [0.1, 0.15) is 97.8 Å². The molecule has 2 nitrogen and oxygen atoms in total. The first-order valence-corrected chi connectivity index (χ1v) is 8.72. The van der Waals surface area contributed by atoms with Crippen molar-refractivity contribution < 1.29 is 0 Å². The lowest BCUT2D eigenvalue weighted by molar-refractivity contribution is 0.341. The number of unbranched alkanes of at least 4 members (excludes halogenated alkanes) is 9. The van der Waals surface area contributed by atoms with Gasteiger partial charge in [0.05, 0.1) is 0 Å². The summed E-state index contributed by atoms with van der Waals surface area (Å²) >= 11 is 0. The zero-order chi connectivity index (χ0) is 14.3. The lowest BCUT2D eigenvalue weighted by atomic mass is 9.94. The van der Waals surface area contributed by atoms with Crippen LogP contribution in [0.5, 0.6) is 0 Å². The van der Waals surface area contributed by atoms with Crippen molar-refractivity contribution in [2.24, 2.45) is 11.8 Å². The molecule has 116 valence electrons. The third kappa shape index (κ3) is 11.4. The van der Waals surface area contributed by atoms with Crippen molar-refractivity contribution >= 4 is 0 Å². The maximum absolute atomic E-state index is 5.62. The summed E-state index contributed by atoms with van der Waals surface area (Å²) in [4.78, 5) is 0. The minimum absolute atomic E-state index is 0.513. The molecule has 0 spiro atoms. The molecule has 0 aliphatic carbocycles. The number of hydrogen-bond acceptors (Lipinski definition) is 2. The smallest absolute Gasteiger partial charge is 0.0236 e. The molecule has 0 radical (unpaired) electrons. The predicted molar refractivity (Wildman–Crippen MR) is 87.0 cm³/mol. The Bertz CT molecular complexity index is 171. The van der Waals surface area contributed by atoms with E-state index in [4.69, 9.17) is 5.84 Å². The molecule has 0 fully saturated rings. The summed E-state index contributed by atoms with van der Waals surface area (Å²) in [5.74, 6) is 6.32. The molecule has 0 bridgehead atoms. The third-order valence-electron chi connectivity index (χ3n) is 4.41. The highest BCUT2D eigenvalue weighted by Crippen LogP contribution is 2.15. The van der Waals surface area contributed by atoms with Crippen LogP contribution in [0.2, 0.25) is 0 Å². The van der Waals surface area contributed by atoms with E-state index in [1.165, 1.54) is 77.0 Å². The number of rotatable bonds is 14. The molecule has 3 N–H and O–H groups in total. The van der Waals surface area contributed by atoms with E-state index < -0.39 is 0 Å². The molecule has 2 atom stereocenters. The highest BCUT2D eigenvalue weighted by molar-refractivity contribution is 4.69. The van der Waals surface area contributed by atoms with Crippen LogP contribution in [0.25, 0.3) is 0 Å². The van der Waals surface area contributed by atoms with Gasteiger partial charge in [0.1, 0.15) is 0 Å². The van der Waals surface area contributed by atoms with Gasteiger partial charge in [0, 0.05) is 6.04 Å². The fourth-order valence-corrected chi connectivity index (χ4v) is 2.67. The Balaban J connectivity index is 3.25. The van der Waals surface area contributed by atoms with Gasteiger partial charge in [-0.2, -0.15) is 0 Å². The van der Waals surface area contributed by atoms with Crippen molar-refractivity contribution in [2.75, 3.05) is 0 Å². The van der Waals surface area contributed by atoms with E-state index in [0.29, 0.717) is 12.0 Å². The van der Waals surface area contributed by atoms with Crippen LogP contribution >= 0.6 is 0 Å². The second-order valence-electron chi connectivity index (χ2n) is 6.13. The number of nitrogens with two attached hydrogens (primary N) is 1. The lowest BCUT2D eigenvalue weighted by Crippen LogP contribution is -2.39. The second-order valence-corrected chi connectivity index (χ2v) is 6.13. The van der Waals surface area contributed by atoms with Gasteiger partial charge in [-0.05, 0) is 12.3 Å². The highest BCUT2D eigenvalue weighted by Gasteiger charge is 2.12. The molecule has 0 amide bonds. The summed E-state index contributed by atoms with van der Waals surface area (Å²) in [5.41, 5.74) is 2.98. The van der Waals surface area contributed by atoms with Crippen LogP contribution in [0.15, 0.2) is 0 Å². The molecule has 0 aromatic carbocycles. The molecule has 0 heterocycles. The van der Waals surface area contributed by atoms with E-state index in [-0.39, 0.29) is 0 Å². The van der Waals surface area contributed by atoms with Crippen molar-refractivity contribution in [2.45, 2.75) is 104 Å². The second kappa shape index (κ2) is 14.3. The van der Waals surface area contributed by atoms with Gasteiger partial charge in [0.25, 0.3) is 0 Å². The van der Waals surface area contributed by atoms with Crippen LogP contribution in [-0.4, -0.2) is 6.04 Å². The Morgan fingerprint density at radius 2 is 1.26 bits per heavy atom. The minimum atomic E-state index is 0.513. The molecule has 0 saturated carbocycles. The summed E-state index contributed by atoms with van der Waals surface area (Å²) in [7, 11) is 0. The molecule has 0 aliphatic rings. The van der Waals surface area contributed by atoms with Crippen molar-refractivity contribution in [3.63, 3.8) is 0 Å². The van der Waals surface area contributed by atoms with Gasteiger partial charge in [-0.15, -0.1) is 0 Å². The maximum Gasteiger partial charge on any atom is 0.0236 e. The number of hydrogen-bond donors (Lipinski definition) is 2. The van der Waals surface area contributed by atoms with Crippen LogP contribution in [0, 0.1) is 5.92 Å². The van der Waals surface area contributed by atoms with Gasteiger partial charge in [0.2, 0.25) is 0 Å². The van der Waals surface area contributed by atoms with Gasteiger partial charge < -0.3 is 0 Å². The molecule has 2 heteroatoms. The fourth-order valence-electron chi connectivity index (χ4n) is 2.67. The first kappa shape index (κ1) is 18.9.